The highest BCUT2D eigenvalue weighted by Gasteiger charge is 2.34. The van der Waals surface area contributed by atoms with Crippen LogP contribution in [0.25, 0.3) is 0 Å². The lowest BCUT2D eigenvalue weighted by atomic mass is 10.1. The fraction of sp³-hybridized carbons (Fsp3) is 0.400. The van der Waals surface area contributed by atoms with E-state index in [-0.39, 0.29) is 18.1 Å². The maximum atomic E-state index is 12.7. The first-order chi connectivity index (χ1) is 12.2. The third-order valence-electron chi connectivity index (χ3n) is 4.94. The summed E-state index contributed by atoms with van der Waals surface area (Å²) in [5.41, 5.74) is 2.16. The van der Waals surface area contributed by atoms with Crippen molar-refractivity contribution in [3.8, 4) is 11.5 Å². The van der Waals surface area contributed by atoms with E-state index in [1.165, 1.54) is 0 Å². The molecule has 4 rings (SSSR count). The number of nitrogens with zero attached hydrogens (tertiary/aromatic N) is 2. The normalized spacial score (nSPS) is 20.0. The molecule has 5 nitrogen and oxygen atoms in total. The van der Waals surface area contributed by atoms with Crippen LogP contribution in [-0.4, -0.2) is 41.1 Å². The van der Waals surface area contributed by atoms with E-state index in [0.717, 1.165) is 35.5 Å². The maximum absolute atomic E-state index is 12.7. The Morgan fingerprint density at radius 2 is 2.04 bits per heavy atom. The van der Waals surface area contributed by atoms with Gasteiger partial charge in [-0.1, -0.05) is 18.2 Å². The van der Waals surface area contributed by atoms with E-state index < -0.39 is 0 Å². The largest absolute Gasteiger partial charge is 0.490 e. The second-order valence-electron chi connectivity index (χ2n) is 6.70. The number of piperidine rings is 1. The minimum atomic E-state index is -0.377. The van der Waals surface area contributed by atoms with Crippen molar-refractivity contribution in [2.24, 2.45) is 0 Å². The van der Waals surface area contributed by atoms with Gasteiger partial charge in [0, 0.05) is 50.3 Å². The first-order valence-corrected chi connectivity index (χ1v) is 8.81. The standard InChI is InChI=1S/C20H22N2O3/c1-14-13-21-9-6-17(14)24-16-7-10-22(11-8-16)20(23)19-12-15-4-2-3-5-18(15)25-19/h2-6,9,13,16,19H,7-8,10-12H2,1H3. The number of ether oxygens (including phenoxy) is 2. The SMILES string of the molecule is Cc1cnccc1OC1CCN(C(=O)C2Cc3ccccc3O2)CC1. The number of benzene rings is 1. The summed E-state index contributed by atoms with van der Waals surface area (Å²) >= 11 is 0. The van der Waals surface area contributed by atoms with Crippen molar-refractivity contribution >= 4 is 5.91 Å². The monoisotopic (exact) mass is 338 g/mol. The molecule has 0 aliphatic carbocycles. The number of para-hydroxylation sites is 1. The summed E-state index contributed by atoms with van der Waals surface area (Å²) in [6.45, 7) is 3.42. The Labute approximate surface area is 147 Å². The van der Waals surface area contributed by atoms with E-state index in [1.807, 2.05) is 48.4 Å². The number of amides is 1. The third-order valence-corrected chi connectivity index (χ3v) is 4.94. The fourth-order valence-electron chi connectivity index (χ4n) is 3.49. The molecule has 1 atom stereocenters. The Kier molecular flexibility index (Phi) is 4.30. The van der Waals surface area contributed by atoms with Gasteiger partial charge in [0.1, 0.15) is 17.6 Å². The van der Waals surface area contributed by atoms with Gasteiger partial charge in [-0.3, -0.25) is 9.78 Å². The van der Waals surface area contributed by atoms with Crippen LogP contribution < -0.4 is 9.47 Å². The summed E-state index contributed by atoms with van der Waals surface area (Å²) < 4.78 is 11.9. The van der Waals surface area contributed by atoms with Crippen molar-refractivity contribution in [3.05, 3.63) is 53.9 Å². The van der Waals surface area contributed by atoms with Gasteiger partial charge in [0.25, 0.3) is 5.91 Å². The van der Waals surface area contributed by atoms with Gasteiger partial charge >= 0.3 is 0 Å². The molecule has 0 bridgehead atoms. The second kappa shape index (κ2) is 6.75. The van der Waals surface area contributed by atoms with Crippen LogP contribution in [0.15, 0.2) is 42.7 Å². The number of rotatable bonds is 3. The Morgan fingerprint density at radius 1 is 1.24 bits per heavy atom. The number of pyridine rings is 1. The molecule has 1 aromatic heterocycles. The number of hydrogen-bond donors (Lipinski definition) is 0. The molecule has 1 fully saturated rings. The van der Waals surface area contributed by atoms with E-state index in [0.29, 0.717) is 19.5 Å². The van der Waals surface area contributed by atoms with Gasteiger partial charge in [0.15, 0.2) is 6.10 Å². The van der Waals surface area contributed by atoms with Gasteiger partial charge in [0.05, 0.1) is 0 Å². The zero-order valence-corrected chi connectivity index (χ0v) is 14.4. The maximum Gasteiger partial charge on any atom is 0.263 e. The Balaban J connectivity index is 1.32. The molecule has 130 valence electrons. The van der Waals surface area contributed by atoms with Crippen LogP contribution in [0.2, 0.25) is 0 Å². The smallest absolute Gasteiger partial charge is 0.263 e. The van der Waals surface area contributed by atoms with Gasteiger partial charge in [-0.2, -0.15) is 0 Å². The van der Waals surface area contributed by atoms with Gasteiger partial charge in [-0.15, -0.1) is 0 Å². The molecule has 0 spiro atoms. The zero-order valence-electron chi connectivity index (χ0n) is 14.4. The van der Waals surface area contributed by atoms with Crippen molar-refractivity contribution in [2.45, 2.75) is 38.4 Å². The highest BCUT2D eigenvalue weighted by Crippen LogP contribution is 2.30. The van der Waals surface area contributed by atoms with Crippen molar-refractivity contribution in [1.82, 2.24) is 9.88 Å². The number of likely N-dealkylation sites (tertiary alicyclic amines) is 1. The van der Waals surface area contributed by atoms with Crippen LogP contribution in [0.5, 0.6) is 11.5 Å². The highest BCUT2D eigenvalue weighted by atomic mass is 16.5. The lowest BCUT2D eigenvalue weighted by Gasteiger charge is -2.33. The van der Waals surface area contributed by atoms with Crippen molar-refractivity contribution < 1.29 is 14.3 Å². The zero-order chi connectivity index (χ0) is 17.2. The predicted octanol–water partition coefficient (Wildman–Crippen LogP) is 2.76. The molecule has 1 saturated heterocycles. The third kappa shape index (κ3) is 3.31. The van der Waals surface area contributed by atoms with Crippen LogP contribution in [0.1, 0.15) is 24.0 Å². The van der Waals surface area contributed by atoms with Gasteiger partial charge < -0.3 is 14.4 Å². The molecule has 2 aliphatic rings. The number of aromatic nitrogens is 1. The minimum absolute atomic E-state index is 0.0924. The summed E-state index contributed by atoms with van der Waals surface area (Å²) in [6.07, 6.45) is 5.67. The first-order valence-electron chi connectivity index (χ1n) is 8.81. The molecule has 0 radical (unpaired) electrons. The molecule has 0 N–H and O–H groups in total. The minimum Gasteiger partial charge on any atom is -0.490 e. The topological polar surface area (TPSA) is 51.7 Å². The van der Waals surface area contributed by atoms with Crippen molar-refractivity contribution in [2.75, 3.05) is 13.1 Å². The summed E-state index contributed by atoms with van der Waals surface area (Å²) in [4.78, 5) is 18.7. The Bertz CT molecular complexity index is 744. The van der Waals surface area contributed by atoms with Crippen LogP contribution in [0.3, 0.4) is 0 Å². The van der Waals surface area contributed by atoms with E-state index in [2.05, 4.69) is 4.98 Å². The molecule has 3 heterocycles. The van der Waals surface area contributed by atoms with E-state index in [9.17, 15) is 4.79 Å². The van der Waals surface area contributed by atoms with Crippen molar-refractivity contribution in [1.29, 1.82) is 0 Å². The molecule has 1 amide bonds. The predicted molar refractivity (Wildman–Crippen MR) is 93.8 cm³/mol. The number of carbonyl (C=O) groups is 1. The summed E-state index contributed by atoms with van der Waals surface area (Å²) in [7, 11) is 0. The quantitative estimate of drug-likeness (QED) is 0.863. The molecule has 5 heteroatoms. The average molecular weight is 338 g/mol. The van der Waals surface area contributed by atoms with Gasteiger partial charge in [0.2, 0.25) is 0 Å². The first kappa shape index (κ1) is 15.9. The lowest BCUT2D eigenvalue weighted by molar-refractivity contribution is -0.139. The van der Waals surface area contributed by atoms with Crippen LogP contribution in [-0.2, 0) is 11.2 Å². The second-order valence-corrected chi connectivity index (χ2v) is 6.70. The molecule has 1 aromatic carbocycles. The average Bonchev–Trinajstić information content (AvgIpc) is 3.08. The number of carbonyl (C=O) groups excluding carboxylic acids is 1. The van der Waals surface area contributed by atoms with E-state index in [1.54, 1.807) is 6.20 Å². The van der Waals surface area contributed by atoms with Crippen LogP contribution in [0.4, 0.5) is 0 Å². The molecule has 0 saturated carbocycles. The Morgan fingerprint density at radius 3 is 2.80 bits per heavy atom. The molecule has 2 aromatic rings. The van der Waals surface area contributed by atoms with E-state index in [4.69, 9.17) is 9.47 Å². The van der Waals surface area contributed by atoms with Crippen LogP contribution >= 0.6 is 0 Å². The number of fused-ring (bicyclic) bond motifs is 1. The number of aryl methyl sites for hydroxylation is 1. The molecular formula is C20H22N2O3. The van der Waals surface area contributed by atoms with E-state index >= 15 is 0 Å². The van der Waals surface area contributed by atoms with Gasteiger partial charge in [-0.25, -0.2) is 0 Å². The van der Waals surface area contributed by atoms with Crippen LogP contribution in [0, 0.1) is 6.92 Å². The van der Waals surface area contributed by atoms with Gasteiger partial charge in [-0.05, 0) is 24.6 Å². The fourth-order valence-corrected chi connectivity index (χ4v) is 3.49. The summed E-state index contributed by atoms with van der Waals surface area (Å²) in [6, 6.07) is 9.78. The molecule has 25 heavy (non-hydrogen) atoms. The summed E-state index contributed by atoms with van der Waals surface area (Å²) in [5, 5.41) is 0. The van der Waals surface area contributed by atoms with Crippen molar-refractivity contribution in [3.63, 3.8) is 0 Å². The lowest BCUT2D eigenvalue weighted by Crippen LogP contribution is -2.47. The Hall–Kier alpha value is -2.56. The summed E-state index contributed by atoms with van der Waals surface area (Å²) in [5.74, 6) is 1.82. The molecular weight excluding hydrogens is 316 g/mol. The molecule has 1 unspecified atom stereocenters. The number of hydrogen-bond acceptors (Lipinski definition) is 4. The molecule has 2 aliphatic heterocycles. The highest BCUT2D eigenvalue weighted by molar-refractivity contribution is 5.82.